The third-order valence-electron chi connectivity index (χ3n) is 8.11. The fourth-order valence-corrected chi connectivity index (χ4v) is 5.60. The lowest BCUT2D eigenvalue weighted by atomic mass is 9.75. The van der Waals surface area contributed by atoms with Crippen LogP contribution in [0.3, 0.4) is 0 Å². The SMILES string of the molecule is [2H]C(c1ccccc1)(c1cc(C(C)(C)C)c(O)c(C(C)(C)C)c1)c1nc2cc(C)c(C)cc2n(Cc2cccc(F)c2)c1=O. The van der Waals surface area contributed by atoms with Crippen molar-refractivity contribution in [2.45, 2.75) is 78.7 Å². The van der Waals surface area contributed by atoms with E-state index in [4.69, 9.17) is 4.98 Å². The Morgan fingerprint density at radius 2 is 1.44 bits per heavy atom. The number of phenolic OH excluding ortho intramolecular Hbond substituents is 1. The number of fused-ring (bicyclic) bond motifs is 1. The van der Waals surface area contributed by atoms with Crippen molar-refractivity contribution in [3.8, 4) is 5.75 Å². The molecule has 43 heavy (non-hydrogen) atoms. The molecule has 1 unspecified atom stereocenters. The smallest absolute Gasteiger partial charge is 0.274 e. The van der Waals surface area contributed by atoms with Crippen molar-refractivity contribution in [2.75, 3.05) is 0 Å². The van der Waals surface area contributed by atoms with Gasteiger partial charge >= 0.3 is 0 Å². The van der Waals surface area contributed by atoms with Gasteiger partial charge in [0.2, 0.25) is 0 Å². The fraction of sp³-hybridized carbons (Fsp3) is 0.316. The number of aryl methyl sites for hydroxylation is 2. The van der Waals surface area contributed by atoms with Crippen LogP contribution in [0.25, 0.3) is 11.0 Å². The zero-order valence-electron chi connectivity index (χ0n) is 27.3. The molecule has 1 heterocycles. The molecule has 0 saturated heterocycles. The van der Waals surface area contributed by atoms with Gasteiger partial charge in [-0.2, -0.15) is 0 Å². The Morgan fingerprint density at radius 1 is 0.837 bits per heavy atom. The lowest BCUT2D eigenvalue weighted by molar-refractivity contribution is 0.422. The molecule has 1 atom stereocenters. The largest absolute Gasteiger partial charge is 0.507 e. The second kappa shape index (κ2) is 11.1. The molecule has 0 amide bonds. The van der Waals surface area contributed by atoms with Crippen LogP contribution in [0.15, 0.2) is 83.7 Å². The third kappa shape index (κ3) is 5.99. The van der Waals surface area contributed by atoms with E-state index in [2.05, 4.69) is 0 Å². The maximum atomic E-state index is 14.7. The number of halogens is 1. The van der Waals surface area contributed by atoms with Gasteiger partial charge in [0.15, 0.2) is 0 Å². The zero-order chi connectivity index (χ0) is 32.2. The summed E-state index contributed by atoms with van der Waals surface area (Å²) in [5.74, 6) is -1.91. The molecule has 5 aromatic rings. The number of hydrogen-bond donors (Lipinski definition) is 1. The van der Waals surface area contributed by atoms with Gasteiger partial charge in [-0.05, 0) is 87.9 Å². The van der Waals surface area contributed by atoms with Crippen molar-refractivity contribution >= 4 is 11.0 Å². The lowest BCUT2D eigenvalue weighted by Crippen LogP contribution is -2.29. The summed E-state index contributed by atoms with van der Waals surface area (Å²) in [7, 11) is 0. The molecule has 0 aliphatic rings. The standard InChI is InChI=1S/C38H41FN2O2/c1-23-17-31-32(18-24(23)2)41(22-25-13-12-16-28(39)19-25)36(43)34(40-31)33(26-14-10-9-11-15-26)27-20-29(37(3,4)5)35(42)30(21-27)38(6,7)8/h9-21,33,42H,22H2,1-8H3/i33D. The number of benzene rings is 4. The number of phenols is 1. The van der Waals surface area contributed by atoms with E-state index in [-0.39, 0.29) is 23.8 Å². The van der Waals surface area contributed by atoms with Crippen LogP contribution in [0.1, 0.15) is 93.4 Å². The average molecular weight is 578 g/mol. The molecular formula is C38H41FN2O2. The van der Waals surface area contributed by atoms with E-state index in [9.17, 15) is 15.7 Å². The summed E-state index contributed by atoms with van der Waals surface area (Å²) in [6.07, 6.45) is 0. The van der Waals surface area contributed by atoms with E-state index >= 15 is 0 Å². The number of nitrogens with zero attached hydrogens (tertiary/aromatic N) is 2. The van der Waals surface area contributed by atoms with E-state index in [0.717, 1.165) is 11.1 Å². The van der Waals surface area contributed by atoms with Gasteiger partial charge in [0.1, 0.15) is 17.3 Å². The number of hydrogen-bond acceptors (Lipinski definition) is 3. The Morgan fingerprint density at radius 3 is 2.02 bits per heavy atom. The predicted molar refractivity (Wildman–Crippen MR) is 174 cm³/mol. The van der Waals surface area contributed by atoms with Crippen LogP contribution in [0, 0.1) is 19.7 Å². The van der Waals surface area contributed by atoms with Crippen molar-refractivity contribution in [1.82, 2.24) is 9.55 Å². The molecule has 0 saturated carbocycles. The molecule has 4 aromatic carbocycles. The second-order valence-electron chi connectivity index (χ2n) is 13.6. The van der Waals surface area contributed by atoms with Gasteiger partial charge in [-0.1, -0.05) is 96.1 Å². The Kier molecular flexibility index (Phi) is 7.45. The molecule has 5 heteroatoms. The van der Waals surface area contributed by atoms with Gasteiger partial charge in [-0.3, -0.25) is 4.79 Å². The van der Waals surface area contributed by atoms with Crippen molar-refractivity contribution in [1.29, 1.82) is 0 Å². The summed E-state index contributed by atoms with van der Waals surface area (Å²) in [6.45, 7) is 16.2. The van der Waals surface area contributed by atoms with Crippen LogP contribution >= 0.6 is 0 Å². The highest BCUT2D eigenvalue weighted by Crippen LogP contribution is 2.43. The minimum Gasteiger partial charge on any atom is -0.507 e. The maximum absolute atomic E-state index is 14.7. The van der Waals surface area contributed by atoms with Crippen LogP contribution in [0.5, 0.6) is 5.75 Å². The fourth-order valence-electron chi connectivity index (χ4n) is 5.60. The predicted octanol–water partition coefficient (Wildman–Crippen LogP) is 8.68. The van der Waals surface area contributed by atoms with E-state index in [1.807, 2.05) is 110 Å². The zero-order valence-corrected chi connectivity index (χ0v) is 26.3. The summed E-state index contributed by atoms with van der Waals surface area (Å²) in [5, 5.41) is 11.5. The first-order chi connectivity index (χ1) is 20.5. The Bertz CT molecular complexity index is 1900. The van der Waals surface area contributed by atoms with E-state index in [1.165, 1.54) is 12.1 Å². The van der Waals surface area contributed by atoms with E-state index in [0.29, 0.717) is 38.9 Å². The van der Waals surface area contributed by atoms with Crippen molar-refractivity contribution in [3.63, 3.8) is 0 Å². The van der Waals surface area contributed by atoms with Crippen molar-refractivity contribution in [3.05, 3.63) is 140 Å². The van der Waals surface area contributed by atoms with Gasteiger partial charge in [-0.15, -0.1) is 0 Å². The summed E-state index contributed by atoms with van der Waals surface area (Å²) in [5.41, 5.74) is 5.09. The van der Waals surface area contributed by atoms with E-state index < -0.39 is 22.3 Å². The molecule has 222 valence electrons. The number of aromatic hydroxyl groups is 1. The van der Waals surface area contributed by atoms with Crippen LogP contribution in [0.2, 0.25) is 0 Å². The highest BCUT2D eigenvalue weighted by atomic mass is 19.1. The van der Waals surface area contributed by atoms with Gasteiger partial charge in [0.25, 0.3) is 5.56 Å². The van der Waals surface area contributed by atoms with Gasteiger partial charge in [0.05, 0.1) is 23.5 Å². The highest BCUT2D eigenvalue weighted by Gasteiger charge is 2.31. The molecule has 4 nitrogen and oxygen atoms in total. The first kappa shape index (κ1) is 28.9. The van der Waals surface area contributed by atoms with Gasteiger partial charge < -0.3 is 9.67 Å². The van der Waals surface area contributed by atoms with Crippen LogP contribution in [-0.2, 0) is 17.4 Å². The maximum Gasteiger partial charge on any atom is 0.274 e. The first-order valence-corrected chi connectivity index (χ1v) is 14.7. The molecule has 0 aliphatic heterocycles. The molecule has 0 spiro atoms. The first-order valence-electron chi connectivity index (χ1n) is 15.2. The lowest BCUT2D eigenvalue weighted by Gasteiger charge is -2.30. The third-order valence-corrected chi connectivity index (χ3v) is 8.11. The minimum absolute atomic E-state index is 0.0428. The van der Waals surface area contributed by atoms with Crippen LogP contribution in [-0.4, -0.2) is 14.7 Å². The highest BCUT2D eigenvalue weighted by molar-refractivity contribution is 5.77. The normalized spacial score (nSPS) is 14.0. The molecule has 1 aromatic heterocycles. The molecule has 5 rings (SSSR count). The van der Waals surface area contributed by atoms with Gasteiger partial charge in [-0.25, -0.2) is 9.37 Å². The van der Waals surface area contributed by atoms with Crippen molar-refractivity contribution < 1.29 is 10.9 Å². The van der Waals surface area contributed by atoms with Crippen molar-refractivity contribution in [2.24, 2.45) is 0 Å². The molecule has 0 fully saturated rings. The summed E-state index contributed by atoms with van der Waals surface area (Å²) >= 11 is 0. The van der Waals surface area contributed by atoms with E-state index in [1.54, 1.807) is 16.7 Å². The topological polar surface area (TPSA) is 55.1 Å². The van der Waals surface area contributed by atoms with Crippen LogP contribution in [0.4, 0.5) is 4.39 Å². The molecule has 0 aliphatic carbocycles. The van der Waals surface area contributed by atoms with Crippen LogP contribution < -0.4 is 5.56 Å². The van der Waals surface area contributed by atoms with Gasteiger partial charge in [0, 0.05) is 1.37 Å². The summed E-state index contributed by atoms with van der Waals surface area (Å²) in [4.78, 5) is 19.7. The Labute approximate surface area is 255 Å². The number of rotatable bonds is 5. The average Bonchev–Trinajstić information content (AvgIpc) is 2.94. The quantitative estimate of drug-likeness (QED) is 0.227. The monoisotopic (exact) mass is 577 g/mol. The Balaban J connectivity index is 1.93. The molecule has 1 N–H and O–H groups in total. The Hall–Kier alpha value is -4.25. The molecule has 0 radical (unpaired) electrons. The molecule has 0 bridgehead atoms. The second-order valence-corrected chi connectivity index (χ2v) is 13.6. The minimum atomic E-state index is -1.73. The summed E-state index contributed by atoms with van der Waals surface area (Å²) in [6, 6.07) is 23.1. The summed E-state index contributed by atoms with van der Waals surface area (Å²) < 4.78 is 26.2. The molecular weight excluding hydrogens is 535 g/mol. The number of aromatic nitrogens is 2.